The maximum absolute atomic E-state index is 11.2. The van der Waals surface area contributed by atoms with E-state index in [1.807, 2.05) is 37.5 Å². The van der Waals surface area contributed by atoms with E-state index >= 15 is 0 Å². The summed E-state index contributed by atoms with van der Waals surface area (Å²) in [5.41, 5.74) is 9.59. The first-order chi connectivity index (χ1) is 9.52. The summed E-state index contributed by atoms with van der Waals surface area (Å²) < 4.78 is 6.74. The van der Waals surface area contributed by atoms with Gasteiger partial charge in [0, 0.05) is 38.5 Å². The fourth-order valence-electron chi connectivity index (χ4n) is 2.24. The van der Waals surface area contributed by atoms with Gasteiger partial charge in [0.05, 0.1) is 23.1 Å². The quantitative estimate of drug-likeness (QED) is 0.696. The predicted molar refractivity (Wildman–Crippen MR) is 76.6 cm³/mol. The molecule has 104 valence electrons. The van der Waals surface area contributed by atoms with Crippen LogP contribution in [-0.2, 0) is 13.6 Å². The number of rotatable bonds is 3. The summed E-state index contributed by atoms with van der Waals surface area (Å²) in [5.74, 6) is -0.480. The van der Waals surface area contributed by atoms with Crippen LogP contribution >= 0.6 is 0 Å². The first kappa shape index (κ1) is 12.3. The highest BCUT2D eigenvalue weighted by molar-refractivity contribution is 5.85. The highest BCUT2D eigenvalue weighted by Crippen LogP contribution is 2.28. The van der Waals surface area contributed by atoms with Crippen molar-refractivity contribution >= 4 is 22.5 Å². The number of aromatic amines is 1. The molecule has 0 spiro atoms. The number of hydrogen-bond acceptors (Lipinski definition) is 5. The third-order valence-corrected chi connectivity index (χ3v) is 3.16. The minimum Gasteiger partial charge on any atom is -0.408 e. The molecule has 0 aliphatic carbocycles. The Kier molecular flexibility index (Phi) is 2.74. The zero-order valence-electron chi connectivity index (χ0n) is 11.3. The third-order valence-electron chi connectivity index (χ3n) is 3.16. The third kappa shape index (κ3) is 2.13. The average molecular weight is 273 g/mol. The molecule has 7 heteroatoms. The van der Waals surface area contributed by atoms with Gasteiger partial charge in [-0.3, -0.25) is 9.67 Å². The Labute approximate surface area is 114 Å². The van der Waals surface area contributed by atoms with Crippen LogP contribution in [0.1, 0.15) is 5.56 Å². The van der Waals surface area contributed by atoms with Gasteiger partial charge in [-0.25, -0.2) is 4.79 Å². The van der Waals surface area contributed by atoms with E-state index in [9.17, 15) is 4.79 Å². The average Bonchev–Trinajstić information content (AvgIpc) is 2.93. The largest absolute Gasteiger partial charge is 0.417 e. The van der Waals surface area contributed by atoms with Crippen molar-refractivity contribution in [1.29, 1.82) is 0 Å². The first-order valence-corrected chi connectivity index (χ1v) is 6.14. The first-order valence-electron chi connectivity index (χ1n) is 6.14. The molecule has 0 amide bonds. The molecule has 3 N–H and O–H groups in total. The van der Waals surface area contributed by atoms with E-state index in [0.717, 1.165) is 11.3 Å². The van der Waals surface area contributed by atoms with Crippen LogP contribution in [0.15, 0.2) is 33.7 Å². The summed E-state index contributed by atoms with van der Waals surface area (Å²) in [6.45, 7) is 0.672. The van der Waals surface area contributed by atoms with E-state index < -0.39 is 5.76 Å². The van der Waals surface area contributed by atoms with Crippen molar-refractivity contribution in [3.05, 3.63) is 40.6 Å². The standard InChI is InChI=1S/C13H15N5O2/c1-17(6-8-5-15-18(2)7-8)11-4-10-12(3-9(11)14)20-13(19)16-10/h3-5,7H,6,14H2,1-2H3,(H,16,19). The van der Waals surface area contributed by atoms with Crippen LogP contribution in [0.3, 0.4) is 0 Å². The van der Waals surface area contributed by atoms with Gasteiger partial charge in [-0.15, -0.1) is 0 Å². The van der Waals surface area contributed by atoms with Crippen LogP contribution in [0.5, 0.6) is 0 Å². The molecule has 20 heavy (non-hydrogen) atoms. The fraction of sp³-hybridized carbons (Fsp3) is 0.231. The molecule has 7 nitrogen and oxygen atoms in total. The number of H-pyrrole nitrogens is 1. The highest BCUT2D eigenvalue weighted by Gasteiger charge is 2.11. The Balaban J connectivity index is 1.95. The molecule has 1 aromatic carbocycles. The number of nitrogens with one attached hydrogen (secondary N) is 1. The van der Waals surface area contributed by atoms with Crippen molar-refractivity contribution in [2.45, 2.75) is 6.54 Å². The lowest BCUT2D eigenvalue weighted by atomic mass is 10.2. The second kappa shape index (κ2) is 4.44. The van der Waals surface area contributed by atoms with Gasteiger partial charge in [-0.2, -0.15) is 5.10 Å². The lowest BCUT2D eigenvalue weighted by molar-refractivity contribution is 0.555. The van der Waals surface area contributed by atoms with Crippen LogP contribution in [0.2, 0.25) is 0 Å². The summed E-state index contributed by atoms with van der Waals surface area (Å²) in [6.07, 6.45) is 3.76. The fourth-order valence-corrected chi connectivity index (χ4v) is 2.24. The Bertz CT molecular complexity index is 814. The summed E-state index contributed by atoms with van der Waals surface area (Å²) in [4.78, 5) is 15.8. The smallest absolute Gasteiger partial charge is 0.408 e. The maximum Gasteiger partial charge on any atom is 0.417 e. The second-order valence-corrected chi connectivity index (χ2v) is 4.80. The zero-order valence-corrected chi connectivity index (χ0v) is 11.3. The van der Waals surface area contributed by atoms with Gasteiger partial charge in [0.2, 0.25) is 0 Å². The monoisotopic (exact) mass is 273 g/mol. The number of nitrogens with zero attached hydrogens (tertiary/aromatic N) is 3. The Morgan fingerprint density at radius 1 is 1.50 bits per heavy atom. The van der Waals surface area contributed by atoms with Crippen molar-refractivity contribution in [2.24, 2.45) is 7.05 Å². The van der Waals surface area contributed by atoms with Crippen molar-refractivity contribution in [3.63, 3.8) is 0 Å². The number of nitrogens with two attached hydrogens (primary N) is 1. The number of nitrogen functional groups attached to an aromatic ring is 1. The molecule has 3 aromatic rings. The summed E-state index contributed by atoms with van der Waals surface area (Å²) in [6, 6.07) is 3.47. The van der Waals surface area contributed by atoms with Crippen LogP contribution in [0, 0.1) is 0 Å². The summed E-state index contributed by atoms with van der Waals surface area (Å²) in [7, 11) is 3.81. The zero-order chi connectivity index (χ0) is 14.3. The van der Waals surface area contributed by atoms with Gasteiger partial charge in [0.15, 0.2) is 5.58 Å². The number of hydrogen-bond donors (Lipinski definition) is 2. The van der Waals surface area contributed by atoms with Gasteiger partial charge in [-0.05, 0) is 6.07 Å². The molecule has 2 heterocycles. The van der Waals surface area contributed by atoms with E-state index in [0.29, 0.717) is 23.3 Å². The molecule has 0 fully saturated rings. The number of benzene rings is 1. The number of aromatic nitrogens is 3. The normalized spacial score (nSPS) is 11.1. The van der Waals surface area contributed by atoms with Gasteiger partial charge in [0.25, 0.3) is 0 Å². The van der Waals surface area contributed by atoms with Crippen LogP contribution in [0.25, 0.3) is 11.1 Å². The SMILES string of the molecule is CN(Cc1cnn(C)c1)c1cc2[nH]c(=O)oc2cc1N. The summed E-state index contributed by atoms with van der Waals surface area (Å²) >= 11 is 0. The number of oxazole rings is 1. The molecule has 0 saturated carbocycles. The molecular formula is C13H15N5O2. The predicted octanol–water partition coefficient (Wildman–Crippen LogP) is 1.07. The van der Waals surface area contributed by atoms with Gasteiger partial charge in [-0.1, -0.05) is 0 Å². The van der Waals surface area contributed by atoms with Gasteiger partial charge >= 0.3 is 5.76 Å². The molecule has 0 aliphatic rings. The molecule has 3 rings (SSSR count). The van der Waals surface area contributed by atoms with Crippen LogP contribution in [-0.4, -0.2) is 21.8 Å². The lowest BCUT2D eigenvalue weighted by Gasteiger charge is -2.20. The van der Waals surface area contributed by atoms with Gasteiger partial charge < -0.3 is 15.1 Å². The molecule has 0 unspecified atom stereocenters. The van der Waals surface area contributed by atoms with E-state index in [1.54, 1.807) is 10.7 Å². The molecule has 0 aliphatic heterocycles. The lowest BCUT2D eigenvalue weighted by Crippen LogP contribution is -2.17. The van der Waals surface area contributed by atoms with E-state index in [-0.39, 0.29) is 0 Å². The molecule has 0 radical (unpaired) electrons. The van der Waals surface area contributed by atoms with E-state index in [1.165, 1.54) is 0 Å². The van der Waals surface area contributed by atoms with Crippen LogP contribution in [0.4, 0.5) is 11.4 Å². The Hall–Kier alpha value is -2.70. The van der Waals surface area contributed by atoms with Crippen molar-refractivity contribution < 1.29 is 4.42 Å². The highest BCUT2D eigenvalue weighted by atomic mass is 16.4. The maximum atomic E-state index is 11.2. The van der Waals surface area contributed by atoms with Crippen molar-refractivity contribution in [1.82, 2.24) is 14.8 Å². The van der Waals surface area contributed by atoms with Crippen LogP contribution < -0.4 is 16.4 Å². The van der Waals surface area contributed by atoms with E-state index in [2.05, 4.69) is 10.1 Å². The van der Waals surface area contributed by atoms with Gasteiger partial charge in [0.1, 0.15) is 0 Å². The van der Waals surface area contributed by atoms with Crippen molar-refractivity contribution in [3.8, 4) is 0 Å². The minimum absolute atomic E-state index is 0.464. The molecule has 0 atom stereocenters. The molecule has 0 bridgehead atoms. The molecule has 0 saturated heterocycles. The topological polar surface area (TPSA) is 93.1 Å². The van der Waals surface area contributed by atoms with E-state index in [4.69, 9.17) is 10.2 Å². The molecular weight excluding hydrogens is 258 g/mol. The van der Waals surface area contributed by atoms with Crippen molar-refractivity contribution in [2.75, 3.05) is 17.7 Å². The number of anilines is 2. The second-order valence-electron chi connectivity index (χ2n) is 4.80. The number of fused-ring (bicyclic) bond motifs is 1. The Morgan fingerprint density at radius 3 is 3.00 bits per heavy atom. The summed E-state index contributed by atoms with van der Waals surface area (Å²) in [5, 5.41) is 4.14. The minimum atomic E-state index is -0.480. The Morgan fingerprint density at radius 2 is 2.30 bits per heavy atom. The number of aryl methyl sites for hydroxylation is 1. The molecule has 2 aromatic heterocycles.